The van der Waals surface area contributed by atoms with E-state index in [9.17, 15) is 4.79 Å². The molecule has 1 atom stereocenters. The molecule has 3 rings (SSSR count). The van der Waals surface area contributed by atoms with Crippen LogP contribution in [-0.4, -0.2) is 12.0 Å². The Bertz CT molecular complexity index is 995. The van der Waals surface area contributed by atoms with Gasteiger partial charge in [-0.15, -0.1) is 0 Å². The lowest BCUT2D eigenvalue weighted by atomic mass is 9.87. The van der Waals surface area contributed by atoms with Crippen molar-refractivity contribution in [1.82, 2.24) is 0 Å². The Hall–Kier alpha value is -2.98. The van der Waals surface area contributed by atoms with Crippen LogP contribution in [0.15, 0.2) is 72.8 Å². The number of nitrogens with one attached hydrogen (secondary N) is 1. The quantitative estimate of drug-likeness (QED) is 0.472. The van der Waals surface area contributed by atoms with Crippen LogP contribution >= 0.6 is 11.6 Å². The van der Waals surface area contributed by atoms with Crippen LogP contribution in [0.3, 0.4) is 0 Å². The molecule has 0 aliphatic heterocycles. The average molecular weight is 424 g/mol. The number of para-hydroxylation sites is 1. The van der Waals surface area contributed by atoms with Gasteiger partial charge in [-0.2, -0.15) is 0 Å². The summed E-state index contributed by atoms with van der Waals surface area (Å²) in [7, 11) is 0. The maximum atomic E-state index is 12.7. The number of rotatable bonds is 6. The second-order valence-electron chi connectivity index (χ2n) is 8.08. The highest BCUT2D eigenvalue weighted by molar-refractivity contribution is 6.31. The molecule has 4 nitrogen and oxygen atoms in total. The topological polar surface area (TPSA) is 47.6 Å². The first-order valence-electron chi connectivity index (χ1n) is 9.83. The van der Waals surface area contributed by atoms with Gasteiger partial charge in [-0.25, -0.2) is 0 Å². The van der Waals surface area contributed by atoms with Crippen molar-refractivity contribution in [3.63, 3.8) is 0 Å². The van der Waals surface area contributed by atoms with Crippen molar-refractivity contribution >= 4 is 23.2 Å². The molecule has 1 amide bonds. The smallest absolute Gasteiger partial charge is 0.265 e. The van der Waals surface area contributed by atoms with E-state index >= 15 is 0 Å². The Morgan fingerprint density at radius 2 is 1.60 bits per heavy atom. The molecule has 5 heteroatoms. The lowest BCUT2D eigenvalue weighted by Crippen LogP contribution is -2.30. The van der Waals surface area contributed by atoms with Crippen molar-refractivity contribution in [3.8, 4) is 17.2 Å². The van der Waals surface area contributed by atoms with Crippen molar-refractivity contribution in [2.75, 3.05) is 5.32 Å². The minimum Gasteiger partial charge on any atom is -0.481 e. The van der Waals surface area contributed by atoms with E-state index in [0.29, 0.717) is 28.0 Å². The van der Waals surface area contributed by atoms with Crippen molar-refractivity contribution in [2.24, 2.45) is 0 Å². The number of benzene rings is 3. The molecular formula is C25H26ClNO3. The summed E-state index contributed by atoms with van der Waals surface area (Å²) in [5.41, 5.74) is 1.74. The van der Waals surface area contributed by atoms with Crippen LogP contribution in [0.25, 0.3) is 0 Å². The Kier molecular flexibility index (Phi) is 6.68. The standard InChI is InChI=1S/C25H26ClNO3/c1-17(29-21-13-10-18(11-14-21)25(2,3)4)24(28)27-22-16-19(26)12-15-23(22)30-20-8-6-5-7-9-20/h5-17H,1-4H3,(H,27,28). The molecule has 3 aromatic rings. The van der Waals surface area contributed by atoms with E-state index in [1.54, 1.807) is 25.1 Å². The molecule has 0 saturated heterocycles. The van der Waals surface area contributed by atoms with Gasteiger partial charge in [0.05, 0.1) is 5.69 Å². The first-order chi connectivity index (χ1) is 14.2. The maximum Gasteiger partial charge on any atom is 0.265 e. The number of anilines is 1. The molecule has 0 aliphatic carbocycles. The Morgan fingerprint density at radius 1 is 0.933 bits per heavy atom. The molecule has 0 aromatic heterocycles. The third-order valence-corrected chi connectivity index (χ3v) is 4.81. The van der Waals surface area contributed by atoms with Gasteiger partial charge in [0.25, 0.3) is 5.91 Å². The van der Waals surface area contributed by atoms with Crippen LogP contribution in [-0.2, 0) is 10.2 Å². The monoisotopic (exact) mass is 423 g/mol. The molecule has 0 spiro atoms. The number of hydrogen-bond acceptors (Lipinski definition) is 3. The van der Waals surface area contributed by atoms with Crippen LogP contribution < -0.4 is 14.8 Å². The summed E-state index contributed by atoms with van der Waals surface area (Å²) in [6.07, 6.45) is -0.700. The van der Waals surface area contributed by atoms with Crippen LogP contribution in [0.1, 0.15) is 33.3 Å². The van der Waals surface area contributed by atoms with E-state index < -0.39 is 6.10 Å². The molecule has 0 bridgehead atoms. The average Bonchev–Trinajstić information content (AvgIpc) is 2.70. The van der Waals surface area contributed by atoms with Crippen molar-refractivity contribution < 1.29 is 14.3 Å². The molecule has 0 radical (unpaired) electrons. The molecule has 156 valence electrons. The van der Waals surface area contributed by atoms with Gasteiger partial charge in [0.2, 0.25) is 0 Å². The molecule has 1 unspecified atom stereocenters. The SMILES string of the molecule is CC(Oc1ccc(C(C)(C)C)cc1)C(=O)Nc1cc(Cl)ccc1Oc1ccccc1. The number of halogens is 1. The Labute approximate surface area is 182 Å². The van der Waals surface area contributed by atoms with E-state index in [4.69, 9.17) is 21.1 Å². The third-order valence-electron chi connectivity index (χ3n) is 4.57. The molecule has 0 aliphatic rings. The second kappa shape index (κ2) is 9.23. The fourth-order valence-corrected chi connectivity index (χ4v) is 3.00. The number of carbonyl (C=O) groups excluding carboxylic acids is 1. The summed E-state index contributed by atoms with van der Waals surface area (Å²) in [4.78, 5) is 12.7. The fourth-order valence-electron chi connectivity index (χ4n) is 2.83. The zero-order valence-electron chi connectivity index (χ0n) is 17.6. The highest BCUT2D eigenvalue weighted by atomic mass is 35.5. The van der Waals surface area contributed by atoms with Gasteiger partial charge in [0, 0.05) is 5.02 Å². The van der Waals surface area contributed by atoms with Gasteiger partial charge < -0.3 is 14.8 Å². The largest absolute Gasteiger partial charge is 0.481 e. The van der Waals surface area contributed by atoms with E-state index in [0.717, 1.165) is 0 Å². The Balaban J connectivity index is 1.70. The Morgan fingerprint density at radius 3 is 2.23 bits per heavy atom. The van der Waals surface area contributed by atoms with Gasteiger partial charge in [-0.3, -0.25) is 4.79 Å². The predicted molar refractivity (Wildman–Crippen MR) is 122 cm³/mol. The minimum absolute atomic E-state index is 0.0588. The summed E-state index contributed by atoms with van der Waals surface area (Å²) in [6.45, 7) is 8.16. The fraction of sp³-hybridized carbons (Fsp3) is 0.240. The number of ether oxygens (including phenoxy) is 2. The molecule has 0 saturated carbocycles. The zero-order chi connectivity index (χ0) is 21.7. The molecule has 1 N–H and O–H groups in total. The van der Waals surface area contributed by atoms with Gasteiger partial charge in [0.1, 0.15) is 11.5 Å². The van der Waals surface area contributed by atoms with Gasteiger partial charge >= 0.3 is 0 Å². The lowest BCUT2D eigenvalue weighted by molar-refractivity contribution is -0.122. The summed E-state index contributed by atoms with van der Waals surface area (Å²) in [6, 6.07) is 22.2. The molecular weight excluding hydrogens is 398 g/mol. The summed E-state index contributed by atoms with van der Waals surface area (Å²) in [5.74, 6) is 1.51. The van der Waals surface area contributed by atoms with E-state index in [1.165, 1.54) is 5.56 Å². The van der Waals surface area contributed by atoms with Crippen molar-refractivity contribution in [3.05, 3.63) is 83.4 Å². The van der Waals surface area contributed by atoms with Gasteiger partial charge in [0.15, 0.2) is 11.9 Å². The molecule has 30 heavy (non-hydrogen) atoms. The highest BCUT2D eigenvalue weighted by Gasteiger charge is 2.18. The normalized spacial score (nSPS) is 12.2. The van der Waals surface area contributed by atoms with Crippen LogP contribution in [0.2, 0.25) is 5.02 Å². The maximum absolute atomic E-state index is 12.7. The van der Waals surface area contributed by atoms with Crippen LogP contribution in [0.5, 0.6) is 17.2 Å². The highest BCUT2D eigenvalue weighted by Crippen LogP contribution is 2.32. The van der Waals surface area contributed by atoms with E-state index in [1.807, 2.05) is 54.6 Å². The van der Waals surface area contributed by atoms with Gasteiger partial charge in [-0.1, -0.05) is 62.7 Å². The number of hydrogen-bond donors (Lipinski definition) is 1. The lowest BCUT2D eigenvalue weighted by Gasteiger charge is -2.20. The number of carbonyl (C=O) groups is 1. The van der Waals surface area contributed by atoms with Crippen LogP contribution in [0.4, 0.5) is 5.69 Å². The molecule has 0 heterocycles. The third kappa shape index (κ3) is 5.77. The number of amides is 1. The summed E-state index contributed by atoms with van der Waals surface area (Å²) < 4.78 is 11.7. The van der Waals surface area contributed by atoms with Gasteiger partial charge in [-0.05, 0) is 60.4 Å². The minimum atomic E-state index is -0.700. The van der Waals surface area contributed by atoms with Crippen molar-refractivity contribution in [1.29, 1.82) is 0 Å². The molecule has 0 fully saturated rings. The predicted octanol–water partition coefficient (Wildman–Crippen LogP) is 6.84. The second-order valence-corrected chi connectivity index (χ2v) is 8.52. The van der Waals surface area contributed by atoms with Crippen LogP contribution in [0, 0.1) is 0 Å². The first-order valence-corrected chi connectivity index (χ1v) is 10.2. The van der Waals surface area contributed by atoms with E-state index in [-0.39, 0.29) is 11.3 Å². The zero-order valence-corrected chi connectivity index (χ0v) is 18.4. The first kappa shape index (κ1) is 21.7. The summed E-state index contributed by atoms with van der Waals surface area (Å²) >= 11 is 6.13. The molecule has 3 aromatic carbocycles. The van der Waals surface area contributed by atoms with E-state index in [2.05, 4.69) is 26.1 Å². The van der Waals surface area contributed by atoms with Crippen molar-refractivity contribution in [2.45, 2.75) is 39.2 Å². The summed E-state index contributed by atoms with van der Waals surface area (Å²) in [5, 5.41) is 3.35.